The highest BCUT2D eigenvalue weighted by Gasteiger charge is 2.16. The van der Waals surface area contributed by atoms with Crippen molar-refractivity contribution in [3.05, 3.63) is 34.2 Å². The van der Waals surface area contributed by atoms with Crippen LogP contribution in [0.4, 0.5) is 5.82 Å². The van der Waals surface area contributed by atoms with E-state index in [0.29, 0.717) is 11.5 Å². The molecule has 1 atom stereocenters. The van der Waals surface area contributed by atoms with Crippen molar-refractivity contribution in [1.29, 1.82) is 0 Å². The first-order valence-corrected chi connectivity index (χ1v) is 6.23. The summed E-state index contributed by atoms with van der Waals surface area (Å²) in [7, 11) is 0. The van der Waals surface area contributed by atoms with Crippen molar-refractivity contribution >= 4 is 23.1 Å². The van der Waals surface area contributed by atoms with Crippen molar-refractivity contribution in [2.75, 3.05) is 5.73 Å². The van der Waals surface area contributed by atoms with Gasteiger partial charge >= 0.3 is 0 Å². The summed E-state index contributed by atoms with van der Waals surface area (Å²) in [4.78, 5) is 13.0. The Kier molecular flexibility index (Phi) is 3.43. The minimum atomic E-state index is -0.186. The number of anilines is 1. The number of thiophene rings is 1. The third-order valence-electron chi connectivity index (χ3n) is 2.44. The van der Waals surface area contributed by atoms with Crippen molar-refractivity contribution in [3.63, 3.8) is 0 Å². The molecule has 0 aliphatic carbocycles. The zero-order valence-corrected chi connectivity index (χ0v) is 10.3. The van der Waals surface area contributed by atoms with Crippen molar-refractivity contribution in [3.8, 4) is 0 Å². The van der Waals surface area contributed by atoms with Gasteiger partial charge in [0.1, 0.15) is 11.5 Å². The Balaban J connectivity index is 2.07. The minimum Gasteiger partial charge on any atom is -0.382 e. The zero-order chi connectivity index (χ0) is 12.3. The van der Waals surface area contributed by atoms with Crippen molar-refractivity contribution in [2.45, 2.75) is 19.4 Å². The van der Waals surface area contributed by atoms with E-state index in [9.17, 15) is 4.79 Å². The van der Waals surface area contributed by atoms with E-state index < -0.39 is 0 Å². The Morgan fingerprint density at radius 1 is 1.71 bits per heavy atom. The molecular formula is C11H14N4OS. The number of hydrogen-bond donors (Lipinski definition) is 3. The Bertz CT molecular complexity index is 491. The van der Waals surface area contributed by atoms with E-state index in [4.69, 9.17) is 5.73 Å². The average molecular weight is 250 g/mol. The van der Waals surface area contributed by atoms with Gasteiger partial charge in [-0.25, -0.2) is 0 Å². The lowest BCUT2D eigenvalue weighted by Crippen LogP contribution is -2.27. The summed E-state index contributed by atoms with van der Waals surface area (Å²) in [5.74, 6) is 0.133. The number of carbonyl (C=O) groups is 1. The quantitative estimate of drug-likeness (QED) is 0.775. The van der Waals surface area contributed by atoms with Crippen LogP contribution in [0.1, 0.15) is 34.8 Å². The average Bonchev–Trinajstić information content (AvgIpc) is 2.96. The predicted octanol–water partition coefficient (Wildman–Crippen LogP) is 1.93. The minimum absolute atomic E-state index is 0.0343. The fraction of sp³-hybridized carbons (Fsp3) is 0.273. The smallest absolute Gasteiger partial charge is 0.269 e. The molecule has 2 aromatic rings. The molecular weight excluding hydrogens is 236 g/mol. The maximum Gasteiger partial charge on any atom is 0.269 e. The van der Waals surface area contributed by atoms with E-state index in [-0.39, 0.29) is 11.9 Å². The highest BCUT2D eigenvalue weighted by atomic mass is 32.1. The standard InChI is InChI=1S/C11H14N4OS/c1-2-7(9-4-3-5-17-9)13-11(16)8-6-10(12)15-14-8/h3-7H,2H2,1H3,(H,13,16)(H3,12,14,15). The Morgan fingerprint density at radius 2 is 2.53 bits per heavy atom. The summed E-state index contributed by atoms with van der Waals surface area (Å²) in [5, 5.41) is 11.3. The number of nitrogens with one attached hydrogen (secondary N) is 2. The molecule has 1 unspecified atom stereocenters. The third-order valence-corrected chi connectivity index (χ3v) is 3.43. The van der Waals surface area contributed by atoms with E-state index >= 15 is 0 Å². The van der Waals surface area contributed by atoms with Crippen LogP contribution >= 0.6 is 11.3 Å². The van der Waals surface area contributed by atoms with Crippen LogP contribution in [0.3, 0.4) is 0 Å². The van der Waals surface area contributed by atoms with Crippen molar-refractivity contribution in [1.82, 2.24) is 15.5 Å². The number of nitrogens with zero attached hydrogens (tertiary/aromatic N) is 1. The number of aromatic nitrogens is 2. The van der Waals surface area contributed by atoms with E-state index in [0.717, 1.165) is 11.3 Å². The SMILES string of the molecule is CCC(NC(=O)c1cc(N)n[nH]1)c1cccs1. The number of H-pyrrole nitrogens is 1. The third kappa shape index (κ3) is 2.65. The first-order valence-electron chi connectivity index (χ1n) is 5.36. The second-order valence-corrected chi connectivity index (χ2v) is 4.64. The molecule has 0 aromatic carbocycles. The van der Waals surface area contributed by atoms with Gasteiger partial charge in [0.25, 0.3) is 5.91 Å². The summed E-state index contributed by atoms with van der Waals surface area (Å²) >= 11 is 1.63. The van der Waals surface area contributed by atoms with Crippen molar-refractivity contribution in [2.24, 2.45) is 0 Å². The second-order valence-electron chi connectivity index (χ2n) is 3.66. The summed E-state index contributed by atoms with van der Waals surface area (Å²) in [5.41, 5.74) is 5.84. The maximum absolute atomic E-state index is 11.9. The highest BCUT2D eigenvalue weighted by Crippen LogP contribution is 2.21. The van der Waals surface area contributed by atoms with Crippen molar-refractivity contribution < 1.29 is 4.79 Å². The van der Waals surface area contributed by atoms with Gasteiger partial charge in [-0.1, -0.05) is 13.0 Å². The Morgan fingerprint density at radius 3 is 3.06 bits per heavy atom. The van der Waals surface area contributed by atoms with E-state index in [1.165, 1.54) is 6.07 Å². The number of carbonyl (C=O) groups excluding carboxylic acids is 1. The topological polar surface area (TPSA) is 83.8 Å². The number of nitrogen functional groups attached to an aromatic ring is 1. The normalized spacial score (nSPS) is 12.3. The Labute approximate surface area is 103 Å². The molecule has 0 radical (unpaired) electrons. The number of aromatic amines is 1. The summed E-state index contributed by atoms with van der Waals surface area (Å²) in [6.45, 7) is 2.03. The van der Waals surface area contributed by atoms with Crippen LogP contribution in [0.25, 0.3) is 0 Å². The fourth-order valence-electron chi connectivity index (χ4n) is 1.55. The number of rotatable bonds is 4. The monoisotopic (exact) mass is 250 g/mol. The van der Waals surface area contributed by atoms with Crippen LogP contribution in [-0.2, 0) is 0 Å². The molecule has 2 rings (SSSR count). The molecule has 0 aliphatic heterocycles. The van der Waals surface area contributed by atoms with Crippen LogP contribution in [-0.4, -0.2) is 16.1 Å². The molecule has 0 bridgehead atoms. The fourth-order valence-corrected chi connectivity index (χ4v) is 2.41. The lowest BCUT2D eigenvalue weighted by Gasteiger charge is -2.14. The predicted molar refractivity (Wildman–Crippen MR) is 67.8 cm³/mol. The molecule has 17 heavy (non-hydrogen) atoms. The molecule has 4 N–H and O–H groups in total. The molecule has 2 heterocycles. The van der Waals surface area contributed by atoms with Gasteiger partial charge in [-0.2, -0.15) is 5.10 Å². The van der Waals surface area contributed by atoms with Crippen LogP contribution < -0.4 is 11.1 Å². The van der Waals surface area contributed by atoms with Gasteiger partial charge in [-0.3, -0.25) is 9.89 Å². The molecule has 1 amide bonds. The molecule has 90 valence electrons. The van der Waals surface area contributed by atoms with Crippen LogP contribution in [0.5, 0.6) is 0 Å². The summed E-state index contributed by atoms with van der Waals surface area (Å²) in [6.07, 6.45) is 0.843. The molecule has 5 nitrogen and oxygen atoms in total. The number of nitrogens with two attached hydrogens (primary N) is 1. The van der Waals surface area contributed by atoms with Crippen LogP contribution in [0, 0.1) is 0 Å². The molecule has 0 fully saturated rings. The van der Waals surface area contributed by atoms with E-state index in [1.807, 2.05) is 24.4 Å². The second kappa shape index (κ2) is 5.01. The molecule has 0 spiro atoms. The first kappa shape index (κ1) is 11.7. The van der Waals surface area contributed by atoms with Gasteiger partial charge in [0.05, 0.1) is 6.04 Å². The van der Waals surface area contributed by atoms with Crippen LogP contribution in [0.15, 0.2) is 23.6 Å². The highest BCUT2D eigenvalue weighted by molar-refractivity contribution is 7.10. The first-order chi connectivity index (χ1) is 8.20. The molecule has 2 aromatic heterocycles. The van der Waals surface area contributed by atoms with Gasteiger partial charge in [0.15, 0.2) is 0 Å². The van der Waals surface area contributed by atoms with E-state index in [1.54, 1.807) is 11.3 Å². The molecule has 6 heteroatoms. The summed E-state index contributed by atoms with van der Waals surface area (Å²) < 4.78 is 0. The van der Waals surface area contributed by atoms with E-state index in [2.05, 4.69) is 15.5 Å². The van der Waals surface area contributed by atoms with Gasteiger partial charge in [0.2, 0.25) is 0 Å². The lowest BCUT2D eigenvalue weighted by atomic mass is 10.2. The van der Waals surface area contributed by atoms with Gasteiger partial charge in [-0.05, 0) is 17.9 Å². The molecule has 0 aliphatic rings. The lowest BCUT2D eigenvalue weighted by molar-refractivity contribution is 0.0931. The van der Waals surface area contributed by atoms with Gasteiger partial charge in [0, 0.05) is 10.9 Å². The number of hydrogen-bond acceptors (Lipinski definition) is 4. The van der Waals surface area contributed by atoms with Gasteiger partial charge in [-0.15, -0.1) is 11.3 Å². The maximum atomic E-state index is 11.9. The largest absolute Gasteiger partial charge is 0.382 e. The van der Waals surface area contributed by atoms with Gasteiger partial charge < -0.3 is 11.1 Å². The molecule has 0 saturated heterocycles. The zero-order valence-electron chi connectivity index (χ0n) is 9.43. The summed E-state index contributed by atoms with van der Waals surface area (Å²) in [6, 6.07) is 5.55. The molecule has 0 saturated carbocycles. The van der Waals surface area contributed by atoms with Crippen LogP contribution in [0.2, 0.25) is 0 Å². The number of amides is 1. The Hall–Kier alpha value is -1.82.